The molecule has 0 aliphatic rings. The van der Waals surface area contributed by atoms with Gasteiger partial charge in [0, 0.05) is 12.0 Å². The van der Waals surface area contributed by atoms with Gasteiger partial charge in [0.15, 0.2) is 0 Å². The van der Waals surface area contributed by atoms with Crippen molar-refractivity contribution in [1.29, 1.82) is 0 Å². The molecule has 0 saturated heterocycles. The zero-order valence-corrected chi connectivity index (χ0v) is 13.2. The molecule has 5 heteroatoms. The van der Waals surface area contributed by atoms with Gasteiger partial charge in [0.05, 0.1) is 5.69 Å². The standard InChI is InChI=1S/C18H14FNO2S/c1-11-4-2-3-5-14(11)17-20-15(16(23-17)18(21)22)10-12-6-8-13(19)9-7-12/h2-9H,10H2,1H3,(H,21,22). The molecule has 1 heterocycles. The summed E-state index contributed by atoms with van der Waals surface area (Å²) in [6, 6.07) is 13.8. The van der Waals surface area contributed by atoms with Crippen LogP contribution in [0.25, 0.3) is 10.6 Å². The van der Waals surface area contributed by atoms with Gasteiger partial charge in [-0.25, -0.2) is 14.2 Å². The van der Waals surface area contributed by atoms with Crippen molar-refractivity contribution in [1.82, 2.24) is 4.98 Å². The first-order valence-electron chi connectivity index (χ1n) is 7.08. The maximum Gasteiger partial charge on any atom is 0.347 e. The number of rotatable bonds is 4. The van der Waals surface area contributed by atoms with Crippen LogP contribution in [0.5, 0.6) is 0 Å². The Morgan fingerprint density at radius 1 is 1.17 bits per heavy atom. The summed E-state index contributed by atoms with van der Waals surface area (Å²) in [5.41, 5.74) is 3.32. The van der Waals surface area contributed by atoms with Crippen LogP contribution in [0.3, 0.4) is 0 Å². The number of hydrogen-bond donors (Lipinski definition) is 1. The van der Waals surface area contributed by atoms with E-state index in [1.165, 1.54) is 23.5 Å². The second kappa shape index (κ2) is 6.30. The van der Waals surface area contributed by atoms with E-state index >= 15 is 0 Å². The molecule has 0 amide bonds. The van der Waals surface area contributed by atoms with Gasteiger partial charge in [-0.1, -0.05) is 36.4 Å². The number of carboxylic acid groups (broad SMARTS) is 1. The quantitative estimate of drug-likeness (QED) is 0.765. The Kier molecular flexibility index (Phi) is 4.21. The Balaban J connectivity index is 2.01. The molecule has 0 unspecified atom stereocenters. The van der Waals surface area contributed by atoms with E-state index in [1.54, 1.807) is 12.1 Å². The average Bonchev–Trinajstić information content (AvgIpc) is 2.94. The fourth-order valence-electron chi connectivity index (χ4n) is 2.36. The highest BCUT2D eigenvalue weighted by molar-refractivity contribution is 7.17. The highest BCUT2D eigenvalue weighted by atomic mass is 32.1. The van der Waals surface area contributed by atoms with Crippen molar-refractivity contribution in [2.75, 3.05) is 0 Å². The predicted octanol–water partition coefficient (Wildman–Crippen LogP) is 4.55. The first-order chi connectivity index (χ1) is 11.0. The highest BCUT2D eigenvalue weighted by Gasteiger charge is 2.19. The number of hydrogen-bond acceptors (Lipinski definition) is 3. The zero-order chi connectivity index (χ0) is 16.4. The molecule has 3 aromatic rings. The van der Waals surface area contributed by atoms with Crippen LogP contribution in [-0.4, -0.2) is 16.1 Å². The molecule has 0 spiro atoms. The van der Waals surface area contributed by atoms with Gasteiger partial charge in [-0.05, 0) is 30.2 Å². The molecule has 0 aliphatic carbocycles. The van der Waals surface area contributed by atoms with Gasteiger partial charge in [0.2, 0.25) is 0 Å². The van der Waals surface area contributed by atoms with Crippen LogP contribution >= 0.6 is 11.3 Å². The molecular formula is C18H14FNO2S. The molecule has 0 atom stereocenters. The van der Waals surface area contributed by atoms with Crippen molar-refractivity contribution in [2.45, 2.75) is 13.3 Å². The Morgan fingerprint density at radius 3 is 2.52 bits per heavy atom. The van der Waals surface area contributed by atoms with Gasteiger partial charge >= 0.3 is 5.97 Å². The van der Waals surface area contributed by atoms with E-state index in [2.05, 4.69) is 4.98 Å². The lowest BCUT2D eigenvalue weighted by Crippen LogP contribution is -2.00. The maximum absolute atomic E-state index is 13.0. The van der Waals surface area contributed by atoms with Crippen molar-refractivity contribution in [3.05, 3.63) is 76.0 Å². The van der Waals surface area contributed by atoms with E-state index < -0.39 is 5.97 Å². The van der Waals surface area contributed by atoms with Gasteiger partial charge in [0.25, 0.3) is 0 Å². The minimum absolute atomic E-state index is 0.229. The smallest absolute Gasteiger partial charge is 0.347 e. The third-order valence-corrected chi connectivity index (χ3v) is 4.67. The fraction of sp³-hybridized carbons (Fsp3) is 0.111. The number of aromatic nitrogens is 1. The van der Waals surface area contributed by atoms with Crippen LogP contribution in [0.1, 0.15) is 26.5 Å². The van der Waals surface area contributed by atoms with Crippen LogP contribution in [0, 0.1) is 12.7 Å². The van der Waals surface area contributed by atoms with Crippen molar-refractivity contribution >= 4 is 17.3 Å². The van der Waals surface area contributed by atoms with E-state index in [0.29, 0.717) is 17.1 Å². The van der Waals surface area contributed by atoms with E-state index in [-0.39, 0.29) is 10.7 Å². The minimum atomic E-state index is -0.987. The molecule has 3 rings (SSSR count). The summed E-state index contributed by atoms with van der Waals surface area (Å²) in [4.78, 5) is 16.3. The van der Waals surface area contributed by atoms with E-state index in [1.807, 2.05) is 31.2 Å². The highest BCUT2D eigenvalue weighted by Crippen LogP contribution is 2.31. The predicted molar refractivity (Wildman–Crippen MR) is 88.5 cm³/mol. The van der Waals surface area contributed by atoms with Crippen molar-refractivity contribution in [3.8, 4) is 10.6 Å². The molecule has 1 N–H and O–H groups in total. The number of carboxylic acids is 1. The summed E-state index contributed by atoms with van der Waals surface area (Å²) in [6.07, 6.45) is 0.365. The van der Waals surface area contributed by atoms with E-state index in [9.17, 15) is 14.3 Å². The number of thiazole rings is 1. The normalized spacial score (nSPS) is 10.7. The third kappa shape index (κ3) is 3.29. The first-order valence-corrected chi connectivity index (χ1v) is 7.89. The van der Waals surface area contributed by atoms with Crippen molar-refractivity contribution in [3.63, 3.8) is 0 Å². The summed E-state index contributed by atoms with van der Waals surface area (Å²) in [6.45, 7) is 1.97. The molecule has 1 aromatic heterocycles. The Bertz CT molecular complexity index is 856. The van der Waals surface area contributed by atoms with Gasteiger partial charge in [-0.15, -0.1) is 11.3 Å². The molecule has 0 saturated carbocycles. The summed E-state index contributed by atoms with van der Waals surface area (Å²) >= 11 is 1.17. The van der Waals surface area contributed by atoms with Crippen LogP contribution in [0.2, 0.25) is 0 Å². The van der Waals surface area contributed by atoms with Crippen LogP contribution in [0.4, 0.5) is 4.39 Å². The average molecular weight is 327 g/mol. The van der Waals surface area contributed by atoms with Gasteiger partial charge in [0.1, 0.15) is 15.7 Å². The molecular weight excluding hydrogens is 313 g/mol. The second-order valence-electron chi connectivity index (χ2n) is 5.22. The SMILES string of the molecule is Cc1ccccc1-c1nc(Cc2ccc(F)cc2)c(C(=O)O)s1. The van der Waals surface area contributed by atoms with E-state index in [4.69, 9.17) is 0 Å². The van der Waals surface area contributed by atoms with Crippen molar-refractivity contribution < 1.29 is 14.3 Å². The molecule has 3 nitrogen and oxygen atoms in total. The van der Waals surface area contributed by atoms with Gasteiger partial charge < -0.3 is 5.11 Å². The second-order valence-corrected chi connectivity index (χ2v) is 6.22. The molecule has 0 fully saturated rings. The molecule has 2 aromatic carbocycles. The van der Waals surface area contributed by atoms with Gasteiger partial charge in [-0.2, -0.15) is 0 Å². The monoisotopic (exact) mass is 327 g/mol. The maximum atomic E-state index is 13.0. The molecule has 116 valence electrons. The number of nitrogens with zero attached hydrogens (tertiary/aromatic N) is 1. The third-order valence-electron chi connectivity index (χ3n) is 3.55. The van der Waals surface area contributed by atoms with Crippen molar-refractivity contribution in [2.24, 2.45) is 0 Å². The Labute approximate surface area is 137 Å². The van der Waals surface area contributed by atoms with E-state index in [0.717, 1.165) is 16.7 Å². The topological polar surface area (TPSA) is 50.2 Å². The number of benzene rings is 2. The fourth-order valence-corrected chi connectivity index (χ4v) is 3.37. The number of halogens is 1. The summed E-state index contributed by atoms with van der Waals surface area (Å²) in [7, 11) is 0. The lowest BCUT2D eigenvalue weighted by molar-refractivity contribution is 0.0701. The number of aryl methyl sites for hydroxylation is 1. The Hall–Kier alpha value is -2.53. The van der Waals surface area contributed by atoms with Crippen LogP contribution in [0.15, 0.2) is 48.5 Å². The molecule has 0 aliphatic heterocycles. The minimum Gasteiger partial charge on any atom is -0.477 e. The summed E-state index contributed by atoms with van der Waals surface area (Å²) in [5, 5.41) is 10.1. The van der Waals surface area contributed by atoms with Gasteiger partial charge in [-0.3, -0.25) is 0 Å². The lowest BCUT2D eigenvalue weighted by atomic mass is 10.1. The summed E-state index contributed by atoms with van der Waals surface area (Å²) < 4.78 is 13.0. The number of carbonyl (C=O) groups is 1. The largest absolute Gasteiger partial charge is 0.477 e. The molecule has 0 radical (unpaired) electrons. The summed E-state index contributed by atoms with van der Waals surface area (Å²) in [5.74, 6) is -1.30. The van der Waals surface area contributed by atoms with Crippen LogP contribution < -0.4 is 0 Å². The Morgan fingerprint density at radius 2 is 1.87 bits per heavy atom. The molecule has 0 bridgehead atoms. The molecule has 23 heavy (non-hydrogen) atoms. The zero-order valence-electron chi connectivity index (χ0n) is 12.4. The first kappa shape index (κ1) is 15.4. The number of aromatic carboxylic acids is 1. The van der Waals surface area contributed by atoms with Crippen LogP contribution in [-0.2, 0) is 6.42 Å². The lowest BCUT2D eigenvalue weighted by Gasteiger charge is -2.01.